The SMILES string of the molecule is CCOc1ccc(OC(C)=O)c(C(=O)Nc2cc(-c3ccccc3)ccc2C(=O)O)c1. The molecule has 158 valence electrons. The van der Waals surface area contributed by atoms with Gasteiger partial charge in [0.25, 0.3) is 5.91 Å². The van der Waals surface area contributed by atoms with Crippen LogP contribution in [0.2, 0.25) is 0 Å². The van der Waals surface area contributed by atoms with Crippen LogP contribution in [0.5, 0.6) is 11.5 Å². The van der Waals surface area contributed by atoms with Gasteiger partial charge >= 0.3 is 11.9 Å². The lowest BCUT2D eigenvalue weighted by atomic mass is 10.0. The fourth-order valence-corrected chi connectivity index (χ4v) is 3.02. The number of esters is 1. The van der Waals surface area contributed by atoms with Gasteiger partial charge in [-0.1, -0.05) is 36.4 Å². The number of nitrogens with one attached hydrogen (secondary N) is 1. The third-order valence-corrected chi connectivity index (χ3v) is 4.37. The summed E-state index contributed by atoms with van der Waals surface area (Å²) < 4.78 is 10.6. The molecule has 0 aliphatic rings. The first-order valence-corrected chi connectivity index (χ1v) is 9.58. The molecular weight excluding hydrogens is 398 g/mol. The fourth-order valence-electron chi connectivity index (χ4n) is 3.02. The zero-order chi connectivity index (χ0) is 22.4. The van der Waals surface area contributed by atoms with E-state index in [1.165, 1.54) is 25.1 Å². The Morgan fingerprint density at radius 1 is 0.903 bits per heavy atom. The van der Waals surface area contributed by atoms with Crippen LogP contribution >= 0.6 is 0 Å². The van der Waals surface area contributed by atoms with Crippen LogP contribution in [0.15, 0.2) is 66.7 Å². The molecule has 0 radical (unpaired) electrons. The highest BCUT2D eigenvalue weighted by Gasteiger charge is 2.19. The van der Waals surface area contributed by atoms with Crippen molar-refractivity contribution in [2.75, 3.05) is 11.9 Å². The van der Waals surface area contributed by atoms with Crippen LogP contribution in [-0.4, -0.2) is 29.6 Å². The van der Waals surface area contributed by atoms with Crippen LogP contribution in [0.1, 0.15) is 34.6 Å². The number of carboxylic acids is 1. The third kappa shape index (κ3) is 5.27. The van der Waals surface area contributed by atoms with Gasteiger partial charge in [0.05, 0.1) is 23.4 Å². The van der Waals surface area contributed by atoms with Gasteiger partial charge in [-0.3, -0.25) is 9.59 Å². The summed E-state index contributed by atoms with van der Waals surface area (Å²) in [5.41, 5.74) is 1.71. The number of carboxylic acid groups (broad SMARTS) is 1. The number of carbonyl (C=O) groups excluding carboxylic acids is 2. The van der Waals surface area contributed by atoms with Crippen molar-refractivity contribution in [3.8, 4) is 22.6 Å². The number of ether oxygens (including phenoxy) is 2. The van der Waals surface area contributed by atoms with Gasteiger partial charge in [-0.25, -0.2) is 4.79 Å². The van der Waals surface area contributed by atoms with Gasteiger partial charge in [-0.15, -0.1) is 0 Å². The first-order valence-electron chi connectivity index (χ1n) is 9.58. The normalized spacial score (nSPS) is 10.3. The molecule has 1 amide bonds. The van der Waals surface area contributed by atoms with Crippen molar-refractivity contribution >= 4 is 23.5 Å². The first-order chi connectivity index (χ1) is 14.9. The van der Waals surface area contributed by atoms with Crippen LogP contribution in [0, 0.1) is 0 Å². The molecule has 3 aromatic carbocycles. The second kappa shape index (κ2) is 9.58. The highest BCUT2D eigenvalue weighted by atomic mass is 16.5. The number of benzene rings is 3. The lowest BCUT2D eigenvalue weighted by molar-refractivity contribution is -0.131. The smallest absolute Gasteiger partial charge is 0.337 e. The van der Waals surface area contributed by atoms with Crippen LogP contribution < -0.4 is 14.8 Å². The van der Waals surface area contributed by atoms with Gasteiger partial charge in [0.1, 0.15) is 11.5 Å². The van der Waals surface area contributed by atoms with E-state index in [1.54, 1.807) is 25.1 Å². The number of hydrogen-bond donors (Lipinski definition) is 2. The molecular formula is C24H21NO6. The summed E-state index contributed by atoms with van der Waals surface area (Å²) in [5.74, 6) is -1.94. The molecule has 2 N–H and O–H groups in total. The van der Waals surface area contributed by atoms with E-state index >= 15 is 0 Å². The van der Waals surface area contributed by atoms with E-state index < -0.39 is 17.8 Å². The Hall–Kier alpha value is -4.13. The molecule has 0 saturated heterocycles. The van der Waals surface area contributed by atoms with Crippen molar-refractivity contribution in [3.63, 3.8) is 0 Å². The molecule has 0 heterocycles. The number of aromatic carboxylic acids is 1. The summed E-state index contributed by atoms with van der Waals surface area (Å²) in [5, 5.41) is 12.2. The van der Waals surface area contributed by atoms with Crippen molar-refractivity contribution < 1.29 is 29.0 Å². The third-order valence-electron chi connectivity index (χ3n) is 4.37. The molecule has 3 rings (SSSR count). The standard InChI is InChI=1S/C24H21NO6/c1-3-30-18-10-12-22(31-15(2)26)20(14-18)23(27)25-21-13-17(9-11-19(21)24(28)29)16-7-5-4-6-8-16/h4-14H,3H2,1-2H3,(H,25,27)(H,28,29). The molecule has 0 bridgehead atoms. The van der Waals surface area contributed by atoms with E-state index in [-0.39, 0.29) is 22.6 Å². The molecule has 0 unspecified atom stereocenters. The second-order valence-corrected chi connectivity index (χ2v) is 6.57. The minimum absolute atomic E-state index is 0.0441. The molecule has 0 fully saturated rings. The maximum absolute atomic E-state index is 13.0. The maximum Gasteiger partial charge on any atom is 0.337 e. The molecule has 0 saturated carbocycles. The van der Waals surface area contributed by atoms with Crippen molar-refractivity contribution in [3.05, 3.63) is 77.9 Å². The monoisotopic (exact) mass is 419 g/mol. The van der Waals surface area contributed by atoms with Gasteiger partial charge in [0.15, 0.2) is 0 Å². The van der Waals surface area contributed by atoms with E-state index in [4.69, 9.17) is 9.47 Å². The molecule has 0 aliphatic heterocycles. The largest absolute Gasteiger partial charge is 0.494 e. The Morgan fingerprint density at radius 3 is 2.29 bits per heavy atom. The van der Waals surface area contributed by atoms with E-state index in [2.05, 4.69) is 5.32 Å². The molecule has 0 aromatic heterocycles. The Bertz CT molecular complexity index is 1120. The van der Waals surface area contributed by atoms with Crippen LogP contribution in [0.3, 0.4) is 0 Å². The van der Waals surface area contributed by atoms with Crippen LogP contribution in [-0.2, 0) is 4.79 Å². The highest BCUT2D eigenvalue weighted by Crippen LogP contribution is 2.29. The lowest BCUT2D eigenvalue weighted by Crippen LogP contribution is -2.17. The number of carbonyl (C=O) groups is 3. The number of rotatable bonds is 7. The Kier molecular flexibility index (Phi) is 6.67. The summed E-state index contributed by atoms with van der Waals surface area (Å²) in [6.45, 7) is 3.41. The highest BCUT2D eigenvalue weighted by molar-refractivity contribution is 6.10. The summed E-state index contributed by atoms with van der Waals surface area (Å²) in [6.07, 6.45) is 0. The van der Waals surface area contributed by atoms with Crippen LogP contribution in [0.4, 0.5) is 5.69 Å². The first kappa shape index (κ1) is 21.6. The van der Waals surface area contributed by atoms with Crippen molar-refractivity contribution in [1.29, 1.82) is 0 Å². The Morgan fingerprint density at radius 2 is 1.65 bits per heavy atom. The fraction of sp³-hybridized carbons (Fsp3) is 0.125. The molecule has 7 heteroatoms. The molecule has 0 aliphatic carbocycles. The number of hydrogen-bond acceptors (Lipinski definition) is 5. The lowest BCUT2D eigenvalue weighted by Gasteiger charge is -2.14. The zero-order valence-corrected chi connectivity index (χ0v) is 17.0. The Labute approximate surface area is 179 Å². The quantitative estimate of drug-likeness (QED) is 0.428. The summed E-state index contributed by atoms with van der Waals surface area (Å²) >= 11 is 0. The summed E-state index contributed by atoms with van der Waals surface area (Å²) in [4.78, 5) is 36.2. The average molecular weight is 419 g/mol. The van der Waals surface area contributed by atoms with Gasteiger partial charge in [0.2, 0.25) is 0 Å². The summed E-state index contributed by atoms with van der Waals surface area (Å²) in [7, 11) is 0. The van der Waals surface area contributed by atoms with Crippen molar-refractivity contribution in [2.45, 2.75) is 13.8 Å². The van der Waals surface area contributed by atoms with E-state index in [9.17, 15) is 19.5 Å². The van der Waals surface area contributed by atoms with Gasteiger partial charge in [0, 0.05) is 6.92 Å². The topological polar surface area (TPSA) is 102 Å². The molecule has 0 spiro atoms. The van der Waals surface area contributed by atoms with E-state index in [0.29, 0.717) is 12.4 Å². The number of anilines is 1. The van der Waals surface area contributed by atoms with Crippen molar-refractivity contribution in [2.24, 2.45) is 0 Å². The van der Waals surface area contributed by atoms with Gasteiger partial charge < -0.3 is 19.9 Å². The number of amides is 1. The minimum Gasteiger partial charge on any atom is -0.494 e. The zero-order valence-electron chi connectivity index (χ0n) is 17.0. The van der Waals surface area contributed by atoms with Crippen LogP contribution in [0.25, 0.3) is 11.1 Å². The van der Waals surface area contributed by atoms with E-state index in [0.717, 1.165) is 11.1 Å². The van der Waals surface area contributed by atoms with Gasteiger partial charge in [-0.05, 0) is 48.4 Å². The Balaban J connectivity index is 2.01. The summed E-state index contributed by atoms with van der Waals surface area (Å²) in [6, 6.07) is 18.5. The second-order valence-electron chi connectivity index (χ2n) is 6.57. The van der Waals surface area contributed by atoms with E-state index in [1.807, 2.05) is 30.3 Å². The average Bonchev–Trinajstić information content (AvgIpc) is 2.75. The molecule has 31 heavy (non-hydrogen) atoms. The van der Waals surface area contributed by atoms with Crippen molar-refractivity contribution in [1.82, 2.24) is 0 Å². The molecule has 0 atom stereocenters. The molecule has 3 aromatic rings. The maximum atomic E-state index is 13.0. The predicted molar refractivity (Wildman–Crippen MR) is 116 cm³/mol. The van der Waals surface area contributed by atoms with Gasteiger partial charge in [-0.2, -0.15) is 0 Å². The molecule has 7 nitrogen and oxygen atoms in total. The predicted octanol–water partition coefficient (Wildman–Crippen LogP) is 4.63. The minimum atomic E-state index is -1.18.